The van der Waals surface area contributed by atoms with Gasteiger partial charge in [0.1, 0.15) is 0 Å². The molecule has 0 unspecified atom stereocenters. The molecule has 94 valence electrons. The predicted molar refractivity (Wildman–Crippen MR) is 71.1 cm³/mol. The molecule has 0 spiro atoms. The van der Waals surface area contributed by atoms with Crippen LogP contribution in [0.25, 0.3) is 11.0 Å². The molecule has 0 bridgehead atoms. The number of nitrogens with one attached hydrogen (secondary N) is 2. The Bertz CT molecular complexity index is 704. The van der Waals surface area contributed by atoms with Gasteiger partial charge >= 0.3 is 0 Å². The summed E-state index contributed by atoms with van der Waals surface area (Å²) in [7, 11) is 0. The van der Waals surface area contributed by atoms with Crippen molar-refractivity contribution < 1.29 is 4.79 Å². The molecule has 0 aliphatic rings. The molecule has 0 saturated carbocycles. The Morgan fingerprint density at radius 2 is 1.95 bits per heavy atom. The fraction of sp³-hybridized carbons (Fsp3) is 0. The van der Waals surface area contributed by atoms with E-state index in [-0.39, 0.29) is 17.0 Å². The number of rotatable bonds is 2. The Morgan fingerprint density at radius 1 is 1.21 bits per heavy atom. The number of H-pyrrole nitrogens is 1. The van der Waals surface area contributed by atoms with Crippen LogP contribution in [0.4, 0.5) is 5.69 Å². The third kappa shape index (κ3) is 2.38. The summed E-state index contributed by atoms with van der Waals surface area (Å²) in [5.41, 5.74) is 2.00. The zero-order chi connectivity index (χ0) is 13.2. The van der Waals surface area contributed by atoms with Gasteiger partial charge in [-0.2, -0.15) is 0 Å². The summed E-state index contributed by atoms with van der Waals surface area (Å²) in [5, 5.41) is 2.76. The Labute approximate surface area is 112 Å². The van der Waals surface area contributed by atoms with Crippen LogP contribution in [0.5, 0.6) is 0 Å². The Balaban J connectivity index is 1.85. The van der Waals surface area contributed by atoms with Crippen LogP contribution in [0.15, 0.2) is 36.7 Å². The molecule has 6 nitrogen and oxygen atoms in total. The topological polar surface area (TPSA) is 83.6 Å². The lowest BCUT2D eigenvalue weighted by atomic mass is 10.3. The largest absolute Gasteiger partial charge is 0.334 e. The van der Waals surface area contributed by atoms with E-state index in [9.17, 15) is 4.79 Å². The van der Waals surface area contributed by atoms with E-state index in [4.69, 9.17) is 11.6 Å². The van der Waals surface area contributed by atoms with Gasteiger partial charge in [0.15, 0.2) is 5.82 Å². The lowest BCUT2D eigenvalue weighted by Crippen LogP contribution is -2.13. The van der Waals surface area contributed by atoms with E-state index in [1.54, 1.807) is 0 Å². The lowest BCUT2D eigenvalue weighted by Gasteiger charge is -2.01. The van der Waals surface area contributed by atoms with Gasteiger partial charge in [-0.1, -0.05) is 12.1 Å². The van der Waals surface area contributed by atoms with Crippen molar-refractivity contribution in [2.45, 2.75) is 0 Å². The fourth-order valence-electron chi connectivity index (χ4n) is 1.63. The first-order chi connectivity index (χ1) is 9.22. The molecule has 3 aromatic rings. The summed E-state index contributed by atoms with van der Waals surface area (Å²) in [6.07, 6.45) is 2.85. The smallest absolute Gasteiger partial charge is 0.291 e. The van der Waals surface area contributed by atoms with Gasteiger partial charge in [-0.05, 0) is 23.7 Å². The number of imidazole rings is 1. The maximum atomic E-state index is 12.0. The van der Waals surface area contributed by atoms with Crippen LogP contribution in [-0.4, -0.2) is 25.8 Å². The minimum atomic E-state index is -0.359. The Morgan fingerprint density at radius 3 is 2.68 bits per heavy atom. The maximum absolute atomic E-state index is 12.0. The van der Waals surface area contributed by atoms with Crippen molar-refractivity contribution >= 4 is 34.2 Å². The Kier molecular flexibility index (Phi) is 2.85. The van der Waals surface area contributed by atoms with Crippen LogP contribution in [-0.2, 0) is 0 Å². The molecule has 19 heavy (non-hydrogen) atoms. The number of aromatic amines is 1. The summed E-state index contributed by atoms with van der Waals surface area (Å²) in [5.74, 6) is -0.127. The van der Waals surface area contributed by atoms with Crippen molar-refractivity contribution in [3.05, 3.63) is 47.8 Å². The summed E-state index contributed by atoms with van der Waals surface area (Å²) >= 11 is 5.57. The molecular weight excluding hydrogens is 266 g/mol. The number of amides is 1. The van der Waals surface area contributed by atoms with Crippen molar-refractivity contribution in [1.82, 2.24) is 19.9 Å². The van der Waals surface area contributed by atoms with Crippen molar-refractivity contribution in [1.29, 1.82) is 0 Å². The standard InChI is InChI=1S/C12H8ClN5O/c13-12-14-5-7(6-15-12)16-11(19)10-17-8-3-1-2-4-9(8)18-10/h1-6H,(H,16,19)(H,17,18). The van der Waals surface area contributed by atoms with Crippen LogP contribution in [0.1, 0.15) is 10.6 Å². The lowest BCUT2D eigenvalue weighted by molar-refractivity contribution is 0.101. The molecule has 0 aliphatic heterocycles. The van der Waals surface area contributed by atoms with Crippen molar-refractivity contribution in [3.63, 3.8) is 0 Å². The molecule has 3 rings (SSSR count). The van der Waals surface area contributed by atoms with E-state index in [1.165, 1.54) is 12.4 Å². The average Bonchev–Trinajstić information content (AvgIpc) is 2.85. The average molecular weight is 274 g/mol. The molecule has 2 N–H and O–H groups in total. The van der Waals surface area contributed by atoms with Gasteiger partial charge in [0.25, 0.3) is 5.91 Å². The van der Waals surface area contributed by atoms with Crippen LogP contribution in [0.3, 0.4) is 0 Å². The number of fused-ring (bicyclic) bond motifs is 1. The second-order valence-electron chi connectivity index (χ2n) is 3.80. The van der Waals surface area contributed by atoms with Crippen molar-refractivity contribution in [2.24, 2.45) is 0 Å². The normalized spacial score (nSPS) is 10.6. The molecule has 2 heterocycles. The van der Waals surface area contributed by atoms with E-state index in [2.05, 4.69) is 25.3 Å². The van der Waals surface area contributed by atoms with Crippen molar-refractivity contribution in [2.75, 3.05) is 5.32 Å². The number of anilines is 1. The zero-order valence-corrected chi connectivity index (χ0v) is 10.3. The first kappa shape index (κ1) is 11.6. The molecule has 1 aromatic carbocycles. The van der Waals surface area contributed by atoms with Gasteiger partial charge in [0, 0.05) is 0 Å². The molecule has 0 fully saturated rings. The minimum Gasteiger partial charge on any atom is -0.334 e. The quantitative estimate of drug-likeness (QED) is 0.702. The second kappa shape index (κ2) is 4.66. The van der Waals surface area contributed by atoms with E-state index >= 15 is 0 Å². The summed E-state index contributed by atoms with van der Waals surface area (Å²) < 4.78 is 0. The van der Waals surface area contributed by atoms with E-state index in [1.807, 2.05) is 24.3 Å². The number of carbonyl (C=O) groups is 1. The van der Waals surface area contributed by atoms with Crippen LogP contribution in [0.2, 0.25) is 5.28 Å². The molecule has 7 heteroatoms. The van der Waals surface area contributed by atoms with Gasteiger partial charge in [-0.3, -0.25) is 4.79 Å². The molecule has 0 atom stereocenters. The predicted octanol–water partition coefficient (Wildman–Crippen LogP) is 2.26. The molecule has 1 amide bonds. The highest BCUT2D eigenvalue weighted by Gasteiger charge is 2.11. The fourth-order valence-corrected chi connectivity index (χ4v) is 1.73. The summed E-state index contributed by atoms with van der Waals surface area (Å²) in [6.45, 7) is 0. The number of aromatic nitrogens is 4. The number of para-hydroxylation sites is 2. The van der Waals surface area contributed by atoms with Gasteiger partial charge in [0.05, 0.1) is 29.1 Å². The van der Waals surface area contributed by atoms with E-state index in [0.717, 1.165) is 11.0 Å². The first-order valence-electron chi connectivity index (χ1n) is 5.46. The van der Waals surface area contributed by atoms with Crippen LogP contribution < -0.4 is 5.32 Å². The van der Waals surface area contributed by atoms with Crippen molar-refractivity contribution in [3.8, 4) is 0 Å². The number of carbonyl (C=O) groups excluding carboxylic acids is 1. The third-order valence-corrected chi connectivity index (χ3v) is 2.68. The zero-order valence-electron chi connectivity index (χ0n) is 9.59. The summed E-state index contributed by atoms with van der Waals surface area (Å²) in [6, 6.07) is 7.41. The maximum Gasteiger partial charge on any atom is 0.291 e. The highest BCUT2D eigenvalue weighted by Crippen LogP contribution is 2.12. The van der Waals surface area contributed by atoms with Gasteiger partial charge in [0.2, 0.25) is 5.28 Å². The van der Waals surface area contributed by atoms with Gasteiger partial charge in [-0.25, -0.2) is 15.0 Å². The second-order valence-corrected chi connectivity index (χ2v) is 4.14. The van der Waals surface area contributed by atoms with Crippen LogP contribution in [0, 0.1) is 0 Å². The van der Waals surface area contributed by atoms with Gasteiger partial charge in [-0.15, -0.1) is 0 Å². The molecule has 0 saturated heterocycles. The minimum absolute atomic E-state index is 0.127. The number of halogens is 1. The van der Waals surface area contributed by atoms with E-state index in [0.29, 0.717) is 5.69 Å². The monoisotopic (exact) mass is 273 g/mol. The summed E-state index contributed by atoms with van der Waals surface area (Å²) in [4.78, 5) is 26.7. The SMILES string of the molecule is O=C(Nc1cnc(Cl)nc1)c1nc2ccccc2[nH]1. The molecular formula is C12H8ClN5O. The molecule has 0 aliphatic carbocycles. The van der Waals surface area contributed by atoms with Crippen LogP contribution >= 0.6 is 11.6 Å². The number of hydrogen-bond acceptors (Lipinski definition) is 4. The first-order valence-corrected chi connectivity index (χ1v) is 5.84. The van der Waals surface area contributed by atoms with E-state index < -0.39 is 0 Å². The number of hydrogen-bond donors (Lipinski definition) is 2. The molecule has 2 aromatic heterocycles. The molecule has 0 radical (unpaired) electrons. The highest BCUT2D eigenvalue weighted by molar-refractivity contribution is 6.28. The third-order valence-electron chi connectivity index (χ3n) is 2.48. The Hall–Kier alpha value is -2.47. The van der Waals surface area contributed by atoms with Gasteiger partial charge < -0.3 is 10.3 Å². The highest BCUT2D eigenvalue weighted by atomic mass is 35.5. The number of benzene rings is 1. The number of nitrogens with zero attached hydrogens (tertiary/aromatic N) is 3.